The Morgan fingerprint density at radius 2 is 1.70 bits per heavy atom. The molecule has 0 N–H and O–H groups in total. The van der Waals surface area contributed by atoms with E-state index >= 15 is 0 Å². The van der Waals surface area contributed by atoms with Crippen LogP contribution in [0.2, 0.25) is 0 Å². The van der Waals surface area contributed by atoms with Crippen molar-refractivity contribution in [2.45, 2.75) is 19.4 Å². The predicted octanol–water partition coefficient (Wildman–Crippen LogP) is 3.31. The monoisotopic (exact) mass is 405 g/mol. The van der Waals surface area contributed by atoms with Crippen molar-refractivity contribution in [3.63, 3.8) is 0 Å². The fourth-order valence-electron chi connectivity index (χ4n) is 4.30. The topological polar surface area (TPSA) is 53.1 Å². The number of nitrogens with zero attached hydrogens (tertiary/aromatic N) is 3. The first-order chi connectivity index (χ1) is 14.6. The van der Waals surface area contributed by atoms with E-state index in [4.69, 9.17) is 4.74 Å². The van der Waals surface area contributed by atoms with E-state index in [-0.39, 0.29) is 24.3 Å². The number of amides is 2. The fourth-order valence-corrected chi connectivity index (χ4v) is 4.30. The van der Waals surface area contributed by atoms with Gasteiger partial charge in [0.25, 0.3) is 0 Å². The molecule has 2 aromatic rings. The van der Waals surface area contributed by atoms with Crippen LogP contribution in [0.4, 0.5) is 5.69 Å². The smallest absolute Gasteiger partial charge is 0.225 e. The van der Waals surface area contributed by atoms with Crippen molar-refractivity contribution >= 4 is 23.6 Å². The van der Waals surface area contributed by atoms with Crippen LogP contribution in [-0.4, -0.2) is 54.9 Å². The second kappa shape index (κ2) is 8.61. The van der Waals surface area contributed by atoms with Gasteiger partial charge in [0.15, 0.2) is 0 Å². The van der Waals surface area contributed by atoms with Gasteiger partial charge in [-0.2, -0.15) is 0 Å². The van der Waals surface area contributed by atoms with Gasteiger partial charge in [0.1, 0.15) is 5.75 Å². The highest BCUT2D eigenvalue weighted by Crippen LogP contribution is 2.34. The molecule has 0 saturated carbocycles. The maximum absolute atomic E-state index is 13.1. The second-order valence-corrected chi connectivity index (χ2v) is 7.63. The average molecular weight is 405 g/mol. The van der Waals surface area contributed by atoms with Gasteiger partial charge in [-0.05, 0) is 29.3 Å². The third-order valence-corrected chi connectivity index (χ3v) is 5.90. The molecule has 2 amide bonds. The van der Waals surface area contributed by atoms with E-state index < -0.39 is 0 Å². The zero-order valence-corrected chi connectivity index (χ0v) is 17.5. The molecule has 6 heteroatoms. The Hall–Kier alpha value is -3.28. The van der Waals surface area contributed by atoms with E-state index in [0.717, 1.165) is 35.7 Å². The molecule has 2 heterocycles. The van der Waals surface area contributed by atoms with Crippen molar-refractivity contribution < 1.29 is 14.3 Å². The predicted molar refractivity (Wildman–Crippen MR) is 117 cm³/mol. The molecule has 156 valence electrons. The van der Waals surface area contributed by atoms with Crippen molar-refractivity contribution in [2.24, 2.45) is 0 Å². The van der Waals surface area contributed by atoms with Crippen molar-refractivity contribution in [3.05, 3.63) is 65.9 Å². The summed E-state index contributed by atoms with van der Waals surface area (Å²) in [7, 11) is 1.68. The van der Waals surface area contributed by atoms with Gasteiger partial charge in [0.05, 0.1) is 25.3 Å². The molecule has 0 spiro atoms. The Labute approximate surface area is 177 Å². The SMILES string of the molecule is COc1ccccc1N1CCN(C(=O)C[C@@H]2c3ccccc3C=CN2C(C)=O)CC1. The summed E-state index contributed by atoms with van der Waals surface area (Å²) in [4.78, 5) is 31.1. The number of hydrogen-bond acceptors (Lipinski definition) is 4. The minimum atomic E-state index is -0.261. The number of rotatable bonds is 4. The van der Waals surface area contributed by atoms with Gasteiger partial charge in [-0.1, -0.05) is 36.4 Å². The first-order valence-corrected chi connectivity index (χ1v) is 10.3. The van der Waals surface area contributed by atoms with Crippen molar-refractivity contribution in [3.8, 4) is 5.75 Å². The largest absolute Gasteiger partial charge is 0.495 e. The van der Waals surface area contributed by atoms with Gasteiger partial charge < -0.3 is 19.4 Å². The summed E-state index contributed by atoms with van der Waals surface area (Å²) in [6.45, 7) is 4.36. The van der Waals surface area contributed by atoms with Gasteiger partial charge in [0.2, 0.25) is 11.8 Å². The number of hydrogen-bond donors (Lipinski definition) is 0. The number of benzene rings is 2. The Kier molecular flexibility index (Phi) is 5.74. The molecule has 1 saturated heterocycles. The summed E-state index contributed by atoms with van der Waals surface area (Å²) in [5, 5.41) is 0. The van der Waals surface area contributed by atoms with Crippen LogP contribution in [0.25, 0.3) is 6.08 Å². The van der Waals surface area contributed by atoms with Gasteiger partial charge in [-0.3, -0.25) is 9.59 Å². The minimum absolute atomic E-state index is 0.0560. The third-order valence-electron chi connectivity index (χ3n) is 5.90. The number of ether oxygens (including phenoxy) is 1. The molecule has 2 aliphatic rings. The number of piperazine rings is 1. The van der Waals surface area contributed by atoms with E-state index in [1.807, 2.05) is 59.5 Å². The molecule has 0 bridgehead atoms. The quantitative estimate of drug-likeness (QED) is 0.783. The molecule has 4 rings (SSSR count). The lowest BCUT2D eigenvalue weighted by atomic mass is 9.93. The number of fused-ring (bicyclic) bond motifs is 1. The van der Waals surface area contributed by atoms with Crippen molar-refractivity contribution in [2.75, 3.05) is 38.2 Å². The molecule has 0 unspecified atom stereocenters. The van der Waals surface area contributed by atoms with Gasteiger partial charge in [-0.25, -0.2) is 0 Å². The number of carbonyl (C=O) groups excluding carboxylic acids is 2. The van der Waals surface area contributed by atoms with E-state index in [9.17, 15) is 9.59 Å². The Balaban J connectivity index is 1.44. The van der Waals surface area contributed by atoms with E-state index in [1.54, 1.807) is 25.1 Å². The standard InChI is InChI=1S/C24H27N3O3/c1-18(28)27-12-11-19-7-3-4-8-20(19)22(27)17-24(29)26-15-13-25(14-16-26)21-9-5-6-10-23(21)30-2/h3-12,22H,13-17H2,1-2H3/t22-/m1/s1. The van der Waals surface area contributed by atoms with Crippen LogP contribution in [0.5, 0.6) is 5.75 Å². The molecule has 2 aliphatic heterocycles. The molecular weight excluding hydrogens is 378 g/mol. The Bertz CT molecular complexity index is 964. The number of anilines is 1. The van der Waals surface area contributed by atoms with Crippen LogP contribution in [0.15, 0.2) is 54.7 Å². The van der Waals surface area contributed by atoms with E-state index in [1.165, 1.54) is 0 Å². The Morgan fingerprint density at radius 1 is 1.00 bits per heavy atom. The Morgan fingerprint density at radius 3 is 2.43 bits per heavy atom. The average Bonchev–Trinajstić information content (AvgIpc) is 2.79. The second-order valence-electron chi connectivity index (χ2n) is 7.63. The minimum Gasteiger partial charge on any atom is -0.495 e. The van der Waals surface area contributed by atoms with Crippen molar-refractivity contribution in [1.29, 1.82) is 0 Å². The van der Waals surface area contributed by atoms with Crippen LogP contribution < -0.4 is 9.64 Å². The summed E-state index contributed by atoms with van der Waals surface area (Å²) in [6.07, 6.45) is 4.02. The van der Waals surface area contributed by atoms with Crippen LogP contribution in [0.3, 0.4) is 0 Å². The molecular formula is C24H27N3O3. The molecule has 0 aromatic heterocycles. The summed E-state index contributed by atoms with van der Waals surface area (Å²) >= 11 is 0. The summed E-state index contributed by atoms with van der Waals surface area (Å²) in [5.74, 6) is 0.871. The van der Waals surface area contributed by atoms with Crippen LogP contribution in [0, 0.1) is 0 Å². The fraction of sp³-hybridized carbons (Fsp3) is 0.333. The van der Waals surface area contributed by atoms with Crippen LogP contribution in [-0.2, 0) is 9.59 Å². The molecule has 0 radical (unpaired) electrons. The van der Waals surface area contributed by atoms with Crippen LogP contribution in [0.1, 0.15) is 30.5 Å². The normalized spacial score (nSPS) is 18.2. The zero-order chi connectivity index (χ0) is 21.1. The molecule has 30 heavy (non-hydrogen) atoms. The van der Waals surface area contributed by atoms with E-state index in [0.29, 0.717) is 13.1 Å². The van der Waals surface area contributed by atoms with E-state index in [2.05, 4.69) is 4.90 Å². The lowest BCUT2D eigenvalue weighted by Gasteiger charge is -2.38. The highest BCUT2D eigenvalue weighted by molar-refractivity contribution is 5.82. The van der Waals surface area contributed by atoms with Gasteiger partial charge in [-0.15, -0.1) is 0 Å². The summed E-state index contributed by atoms with van der Waals surface area (Å²) < 4.78 is 5.47. The summed E-state index contributed by atoms with van der Waals surface area (Å²) in [6, 6.07) is 15.7. The maximum atomic E-state index is 13.1. The number of methoxy groups -OCH3 is 1. The van der Waals surface area contributed by atoms with Crippen LogP contribution >= 0.6 is 0 Å². The molecule has 0 aliphatic carbocycles. The molecule has 6 nitrogen and oxygen atoms in total. The third kappa shape index (κ3) is 3.90. The van der Waals surface area contributed by atoms with Gasteiger partial charge in [0, 0.05) is 39.3 Å². The molecule has 1 fully saturated rings. The number of para-hydroxylation sites is 2. The highest BCUT2D eigenvalue weighted by Gasteiger charge is 2.31. The first-order valence-electron chi connectivity index (χ1n) is 10.3. The maximum Gasteiger partial charge on any atom is 0.225 e. The molecule has 1 atom stereocenters. The zero-order valence-electron chi connectivity index (χ0n) is 17.5. The first kappa shape index (κ1) is 20.0. The lowest BCUT2D eigenvalue weighted by Crippen LogP contribution is -2.49. The van der Waals surface area contributed by atoms with Crippen molar-refractivity contribution in [1.82, 2.24) is 9.80 Å². The molecule has 2 aromatic carbocycles. The lowest BCUT2D eigenvalue weighted by molar-refractivity contribution is -0.134. The summed E-state index contributed by atoms with van der Waals surface area (Å²) in [5.41, 5.74) is 3.14. The van der Waals surface area contributed by atoms with Gasteiger partial charge >= 0.3 is 0 Å². The number of carbonyl (C=O) groups is 2. The highest BCUT2D eigenvalue weighted by atomic mass is 16.5.